The topological polar surface area (TPSA) is 72.7 Å². The summed E-state index contributed by atoms with van der Waals surface area (Å²) in [5, 5.41) is 15.0. The van der Waals surface area contributed by atoms with Crippen molar-refractivity contribution in [3.63, 3.8) is 0 Å². The van der Waals surface area contributed by atoms with E-state index in [1.165, 1.54) is 4.80 Å². The van der Waals surface area contributed by atoms with E-state index in [1.807, 2.05) is 45.0 Å². The molecule has 0 fully saturated rings. The van der Waals surface area contributed by atoms with Crippen LogP contribution in [0.1, 0.15) is 25.8 Å². The fraction of sp³-hybridized carbons (Fsp3) is 0.429. The lowest BCUT2D eigenvalue weighted by atomic mass is 10.1. The van der Waals surface area contributed by atoms with E-state index in [4.69, 9.17) is 0 Å². The predicted octanol–water partition coefficient (Wildman–Crippen LogP) is 1.56. The second-order valence-corrected chi connectivity index (χ2v) is 4.84. The van der Waals surface area contributed by atoms with E-state index in [0.717, 1.165) is 17.5 Å². The first-order valence-electron chi connectivity index (χ1n) is 6.73. The molecule has 20 heavy (non-hydrogen) atoms. The first-order chi connectivity index (χ1) is 9.60. The van der Waals surface area contributed by atoms with Gasteiger partial charge in [-0.2, -0.15) is 4.80 Å². The maximum absolute atomic E-state index is 11.8. The van der Waals surface area contributed by atoms with Crippen LogP contribution >= 0.6 is 0 Å². The minimum Gasteiger partial charge on any atom is -0.352 e. The SMILES string of the molecule is CC[C@H](C)NC(=O)Cn1nnc(-c2ccccc2C)n1. The Kier molecular flexibility index (Phi) is 4.45. The summed E-state index contributed by atoms with van der Waals surface area (Å²) in [4.78, 5) is 13.1. The summed E-state index contributed by atoms with van der Waals surface area (Å²) in [5.74, 6) is 0.438. The molecule has 0 radical (unpaired) electrons. The molecule has 1 aromatic carbocycles. The highest BCUT2D eigenvalue weighted by molar-refractivity contribution is 5.75. The highest BCUT2D eigenvalue weighted by atomic mass is 16.2. The number of aryl methyl sites for hydroxylation is 1. The van der Waals surface area contributed by atoms with Gasteiger partial charge < -0.3 is 5.32 Å². The Morgan fingerprint density at radius 3 is 2.85 bits per heavy atom. The van der Waals surface area contributed by atoms with Crippen LogP contribution in [0.25, 0.3) is 11.4 Å². The zero-order chi connectivity index (χ0) is 14.5. The monoisotopic (exact) mass is 273 g/mol. The molecule has 1 heterocycles. The lowest BCUT2D eigenvalue weighted by Gasteiger charge is -2.10. The van der Waals surface area contributed by atoms with Gasteiger partial charge >= 0.3 is 0 Å². The van der Waals surface area contributed by atoms with Gasteiger partial charge in [0.25, 0.3) is 0 Å². The highest BCUT2D eigenvalue weighted by Crippen LogP contribution is 2.17. The van der Waals surface area contributed by atoms with Crippen molar-refractivity contribution in [2.75, 3.05) is 0 Å². The normalized spacial score (nSPS) is 12.2. The number of nitrogens with zero attached hydrogens (tertiary/aromatic N) is 4. The largest absolute Gasteiger partial charge is 0.352 e. The van der Waals surface area contributed by atoms with Gasteiger partial charge in [0.1, 0.15) is 6.54 Å². The number of benzene rings is 1. The molecule has 6 nitrogen and oxygen atoms in total. The van der Waals surface area contributed by atoms with Crippen LogP contribution < -0.4 is 5.32 Å². The third kappa shape index (κ3) is 3.40. The van der Waals surface area contributed by atoms with Crippen LogP contribution in [0, 0.1) is 6.92 Å². The number of amides is 1. The summed E-state index contributed by atoms with van der Waals surface area (Å²) in [5.41, 5.74) is 2.01. The number of aromatic nitrogens is 4. The van der Waals surface area contributed by atoms with E-state index >= 15 is 0 Å². The number of hydrogen-bond acceptors (Lipinski definition) is 4. The average molecular weight is 273 g/mol. The molecule has 106 valence electrons. The summed E-state index contributed by atoms with van der Waals surface area (Å²) in [6, 6.07) is 7.98. The van der Waals surface area contributed by atoms with Crippen molar-refractivity contribution in [3.05, 3.63) is 29.8 Å². The third-order valence-electron chi connectivity index (χ3n) is 3.14. The van der Waals surface area contributed by atoms with E-state index < -0.39 is 0 Å². The van der Waals surface area contributed by atoms with Crippen molar-refractivity contribution in [1.82, 2.24) is 25.5 Å². The first kappa shape index (κ1) is 14.2. The fourth-order valence-corrected chi connectivity index (χ4v) is 1.79. The van der Waals surface area contributed by atoms with Gasteiger partial charge in [0.2, 0.25) is 11.7 Å². The molecule has 1 N–H and O–H groups in total. The summed E-state index contributed by atoms with van der Waals surface area (Å²) >= 11 is 0. The van der Waals surface area contributed by atoms with E-state index in [-0.39, 0.29) is 18.5 Å². The maximum Gasteiger partial charge on any atom is 0.243 e. The molecule has 1 atom stereocenters. The predicted molar refractivity (Wildman–Crippen MR) is 75.9 cm³/mol. The van der Waals surface area contributed by atoms with Gasteiger partial charge in [0, 0.05) is 11.6 Å². The smallest absolute Gasteiger partial charge is 0.243 e. The van der Waals surface area contributed by atoms with Crippen LogP contribution in [0.5, 0.6) is 0 Å². The maximum atomic E-state index is 11.8. The Labute approximate surface area is 118 Å². The lowest BCUT2D eigenvalue weighted by Crippen LogP contribution is -2.35. The number of nitrogens with one attached hydrogen (secondary N) is 1. The van der Waals surface area contributed by atoms with Crippen molar-refractivity contribution in [2.24, 2.45) is 0 Å². The second kappa shape index (κ2) is 6.27. The molecule has 0 aliphatic carbocycles. The summed E-state index contributed by atoms with van der Waals surface area (Å²) < 4.78 is 0. The zero-order valence-electron chi connectivity index (χ0n) is 12.0. The molecule has 2 aromatic rings. The van der Waals surface area contributed by atoms with E-state index in [9.17, 15) is 4.79 Å². The molecule has 0 saturated heterocycles. The van der Waals surface area contributed by atoms with Gasteiger partial charge in [-0.1, -0.05) is 31.2 Å². The first-order valence-corrected chi connectivity index (χ1v) is 6.73. The van der Waals surface area contributed by atoms with E-state index in [1.54, 1.807) is 0 Å². The quantitative estimate of drug-likeness (QED) is 0.897. The van der Waals surface area contributed by atoms with Gasteiger partial charge in [-0.25, -0.2) is 0 Å². The standard InChI is InChI=1S/C14H19N5O/c1-4-11(3)15-13(20)9-19-17-14(16-18-19)12-8-6-5-7-10(12)2/h5-8,11H,4,9H2,1-3H3,(H,15,20)/t11-/m0/s1. The Hall–Kier alpha value is -2.24. The van der Waals surface area contributed by atoms with Crippen molar-refractivity contribution in [1.29, 1.82) is 0 Å². The lowest BCUT2D eigenvalue weighted by molar-refractivity contribution is -0.122. The van der Waals surface area contributed by atoms with Gasteiger partial charge in [-0.15, -0.1) is 10.2 Å². The van der Waals surface area contributed by atoms with Crippen molar-refractivity contribution in [2.45, 2.75) is 39.8 Å². The van der Waals surface area contributed by atoms with Crippen molar-refractivity contribution >= 4 is 5.91 Å². The molecular formula is C14H19N5O. The average Bonchev–Trinajstić information content (AvgIpc) is 2.87. The summed E-state index contributed by atoms with van der Waals surface area (Å²) in [7, 11) is 0. The molecule has 6 heteroatoms. The Morgan fingerprint density at radius 2 is 2.15 bits per heavy atom. The number of tetrazole rings is 1. The molecular weight excluding hydrogens is 254 g/mol. The molecule has 0 bridgehead atoms. The van der Waals surface area contributed by atoms with Crippen LogP contribution in [0.3, 0.4) is 0 Å². The number of hydrogen-bond donors (Lipinski definition) is 1. The van der Waals surface area contributed by atoms with Gasteiger partial charge in [0.15, 0.2) is 0 Å². The molecule has 2 rings (SSSR count). The van der Waals surface area contributed by atoms with E-state index in [2.05, 4.69) is 20.7 Å². The minimum atomic E-state index is -0.104. The Morgan fingerprint density at radius 1 is 1.40 bits per heavy atom. The minimum absolute atomic E-state index is 0.0865. The molecule has 1 aromatic heterocycles. The number of carbonyl (C=O) groups is 1. The summed E-state index contributed by atoms with van der Waals surface area (Å²) in [6.07, 6.45) is 0.894. The molecule has 0 aliphatic heterocycles. The van der Waals surface area contributed by atoms with Crippen LogP contribution in [0.15, 0.2) is 24.3 Å². The highest BCUT2D eigenvalue weighted by Gasteiger charge is 2.11. The zero-order valence-corrected chi connectivity index (χ0v) is 12.0. The van der Waals surface area contributed by atoms with Crippen LogP contribution in [-0.2, 0) is 11.3 Å². The molecule has 0 saturated carbocycles. The molecule has 0 aliphatic rings. The number of rotatable bonds is 5. The van der Waals surface area contributed by atoms with Crippen molar-refractivity contribution in [3.8, 4) is 11.4 Å². The van der Waals surface area contributed by atoms with Gasteiger partial charge in [-0.3, -0.25) is 4.79 Å². The van der Waals surface area contributed by atoms with E-state index in [0.29, 0.717) is 5.82 Å². The summed E-state index contributed by atoms with van der Waals surface area (Å²) in [6.45, 7) is 6.06. The van der Waals surface area contributed by atoms with Crippen molar-refractivity contribution < 1.29 is 4.79 Å². The van der Waals surface area contributed by atoms with Gasteiger partial charge in [-0.05, 0) is 31.0 Å². The second-order valence-electron chi connectivity index (χ2n) is 4.84. The molecule has 1 amide bonds. The Balaban J connectivity index is 2.06. The third-order valence-corrected chi connectivity index (χ3v) is 3.14. The van der Waals surface area contributed by atoms with Gasteiger partial charge in [0.05, 0.1) is 0 Å². The fourth-order valence-electron chi connectivity index (χ4n) is 1.79. The number of carbonyl (C=O) groups excluding carboxylic acids is 1. The molecule has 0 spiro atoms. The molecule has 0 unspecified atom stereocenters. The van der Waals surface area contributed by atoms with Crippen LogP contribution in [-0.4, -0.2) is 32.2 Å². The van der Waals surface area contributed by atoms with Crippen LogP contribution in [0.4, 0.5) is 0 Å². The van der Waals surface area contributed by atoms with Crippen LogP contribution in [0.2, 0.25) is 0 Å². The Bertz CT molecular complexity index is 593.